The summed E-state index contributed by atoms with van der Waals surface area (Å²) in [6, 6.07) is 7.62. The second-order valence-corrected chi connectivity index (χ2v) is 10.3. The number of aliphatic hydroxyl groups is 1. The number of methoxy groups -OCH3 is 1. The Morgan fingerprint density at radius 3 is 2.79 bits per heavy atom. The van der Waals surface area contributed by atoms with E-state index in [2.05, 4.69) is 26.7 Å². The number of aliphatic hydroxyl groups excluding tert-OH is 1. The third kappa shape index (κ3) is 5.54. The van der Waals surface area contributed by atoms with E-state index in [0.717, 1.165) is 37.9 Å². The maximum atomic E-state index is 12.3. The number of carboxylic acids is 1. The molecular formula is C26H31ClN2O4S. The Balaban J connectivity index is 1.39. The van der Waals surface area contributed by atoms with Crippen molar-refractivity contribution in [1.29, 1.82) is 0 Å². The van der Waals surface area contributed by atoms with Crippen LogP contribution in [-0.2, 0) is 11.2 Å². The van der Waals surface area contributed by atoms with Crippen LogP contribution >= 0.6 is 22.9 Å². The Bertz CT molecular complexity index is 1110. The van der Waals surface area contributed by atoms with E-state index in [4.69, 9.17) is 16.3 Å². The minimum Gasteiger partial charge on any atom is -0.497 e. The predicted octanol–water partition coefficient (Wildman–Crippen LogP) is 5.57. The van der Waals surface area contributed by atoms with E-state index in [1.165, 1.54) is 11.8 Å². The topological polar surface area (TPSA) is 82.9 Å². The van der Waals surface area contributed by atoms with Crippen molar-refractivity contribution in [1.82, 2.24) is 9.88 Å². The van der Waals surface area contributed by atoms with Crippen molar-refractivity contribution in [2.24, 2.45) is 5.41 Å². The lowest BCUT2D eigenvalue weighted by molar-refractivity contribution is -0.153. The molecule has 0 saturated carbocycles. The predicted molar refractivity (Wildman–Crippen MR) is 136 cm³/mol. The van der Waals surface area contributed by atoms with Crippen LogP contribution in [0.3, 0.4) is 0 Å². The smallest absolute Gasteiger partial charge is 0.309 e. The number of hydrogen-bond donors (Lipinski definition) is 2. The number of pyridine rings is 1. The van der Waals surface area contributed by atoms with E-state index in [-0.39, 0.29) is 0 Å². The number of aromatic nitrogens is 1. The van der Waals surface area contributed by atoms with Crippen LogP contribution in [0.15, 0.2) is 41.2 Å². The summed E-state index contributed by atoms with van der Waals surface area (Å²) in [4.78, 5) is 19.0. The molecule has 3 aromatic rings. The Kier molecular flexibility index (Phi) is 8.09. The van der Waals surface area contributed by atoms with Crippen molar-refractivity contribution in [3.63, 3.8) is 0 Å². The summed E-state index contributed by atoms with van der Waals surface area (Å²) in [6.07, 6.45) is 4.69. The molecule has 8 heteroatoms. The molecular weight excluding hydrogens is 472 g/mol. The first-order valence-corrected chi connectivity index (χ1v) is 13.0. The summed E-state index contributed by atoms with van der Waals surface area (Å²) < 4.78 is 5.32. The number of aryl methyl sites for hydroxylation is 1. The zero-order chi connectivity index (χ0) is 24.1. The third-order valence-electron chi connectivity index (χ3n) is 7.08. The fraction of sp³-hybridized carbons (Fsp3) is 0.462. The molecule has 1 saturated heterocycles. The van der Waals surface area contributed by atoms with Gasteiger partial charge in [0, 0.05) is 17.1 Å². The molecule has 1 atom stereocenters. The van der Waals surface area contributed by atoms with Gasteiger partial charge in [0.1, 0.15) is 5.75 Å². The lowest BCUT2D eigenvalue weighted by atomic mass is 9.74. The minimum atomic E-state index is -0.884. The van der Waals surface area contributed by atoms with Gasteiger partial charge in [0.05, 0.1) is 29.2 Å². The van der Waals surface area contributed by atoms with Crippen molar-refractivity contribution >= 4 is 39.8 Å². The van der Waals surface area contributed by atoms with Crippen molar-refractivity contribution in [3.05, 3.63) is 57.4 Å². The molecule has 1 aliphatic rings. The van der Waals surface area contributed by atoms with Gasteiger partial charge in [0.2, 0.25) is 0 Å². The van der Waals surface area contributed by atoms with Gasteiger partial charge in [0.25, 0.3) is 0 Å². The number of piperidine rings is 1. The standard InChI is InChI=1S/C26H31ClN2O4S/c1-33-19-4-5-22-20(15-19)24(21(27)16-28-22)23(30)6-8-26(25(31)32)9-12-29(13-10-26)11-2-3-18-7-14-34-17-18/h4-5,7,14-17,23,30H,2-3,6,8-13H2,1H3,(H,31,32). The number of thiophene rings is 1. The molecule has 0 bridgehead atoms. The van der Waals surface area contributed by atoms with E-state index >= 15 is 0 Å². The number of aliphatic carboxylic acids is 1. The number of likely N-dealkylation sites (tertiary alicyclic amines) is 1. The normalized spacial score (nSPS) is 17.0. The highest BCUT2D eigenvalue weighted by Gasteiger charge is 2.41. The molecule has 1 aliphatic heterocycles. The second-order valence-electron chi connectivity index (χ2n) is 9.12. The average Bonchev–Trinajstić information content (AvgIpc) is 3.36. The highest BCUT2D eigenvalue weighted by molar-refractivity contribution is 7.07. The molecule has 1 aromatic carbocycles. The molecule has 4 rings (SSSR count). The molecule has 6 nitrogen and oxygen atoms in total. The number of rotatable bonds is 10. The number of carbonyl (C=O) groups is 1. The number of ether oxygens (including phenoxy) is 1. The van der Waals surface area contributed by atoms with E-state index in [0.29, 0.717) is 47.5 Å². The maximum Gasteiger partial charge on any atom is 0.309 e. The Hall–Kier alpha value is -2.19. The number of nitrogens with zero attached hydrogens (tertiary/aromatic N) is 2. The molecule has 3 heterocycles. The molecule has 2 N–H and O–H groups in total. The fourth-order valence-corrected chi connectivity index (χ4v) is 5.89. The molecule has 0 aliphatic carbocycles. The first-order chi connectivity index (χ1) is 16.4. The summed E-state index contributed by atoms with van der Waals surface area (Å²) in [5.74, 6) is -0.122. The Morgan fingerprint density at radius 1 is 1.32 bits per heavy atom. The zero-order valence-electron chi connectivity index (χ0n) is 19.4. The molecule has 2 aromatic heterocycles. The number of carboxylic acid groups (broad SMARTS) is 1. The van der Waals surface area contributed by atoms with Crippen molar-refractivity contribution in [3.8, 4) is 5.75 Å². The summed E-state index contributed by atoms with van der Waals surface area (Å²) >= 11 is 8.15. The van der Waals surface area contributed by atoms with E-state index in [9.17, 15) is 15.0 Å². The van der Waals surface area contributed by atoms with Crippen LogP contribution in [0.4, 0.5) is 0 Å². The van der Waals surface area contributed by atoms with Gasteiger partial charge in [-0.2, -0.15) is 11.3 Å². The second kappa shape index (κ2) is 11.0. The molecule has 1 fully saturated rings. The number of halogens is 1. The molecule has 34 heavy (non-hydrogen) atoms. The molecule has 0 amide bonds. The molecule has 182 valence electrons. The lowest BCUT2D eigenvalue weighted by Crippen LogP contribution is -2.44. The van der Waals surface area contributed by atoms with Crippen LogP contribution in [0, 0.1) is 5.41 Å². The maximum absolute atomic E-state index is 12.3. The number of fused-ring (bicyclic) bond motifs is 1. The van der Waals surface area contributed by atoms with Gasteiger partial charge in [-0.15, -0.1) is 0 Å². The van der Waals surface area contributed by atoms with Crippen LogP contribution in [0.5, 0.6) is 5.75 Å². The van der Waals surface area contributed by atoms with Gasteiger partial charge in [-0.1, -0.05) is 11.6 Å². The van der Waals surface area contributed by atoms with Crippen molar-refractivity contribution < 1.29 is 19.7 Å². The summed E-state index contributed by atoms with van der Waals surface area (Å²) in [6.45, 7) is 2.51. The zero-order valence-corrected chi connectivity index (χ0v) is 20.9. The average molecular weight is 503 g/mol. The first-order valence-electron chi connectivity index (χ1n) is 11.7. The minimum absolute atomic E-state index is 0.320. The van der Waals surface area contributed by atoms with E-state index in [1.54, 1.807) is 18.4 Å². The van der Waals surface area contributed by atoms with Crippen molar-refractivity contribution in [2.75, 3.05) is 26.7 Å². The van der Waals surface area contributed by atoms with Gasteiger partial charge < -0.3 is 19.8 Å². The van der Waals surface area contributed by atoms with Crippen LogP contribution in [-0.4, -0.2) is 52.8 Å². The highest BCUT2D eigenvalue weighted by atomic mass is 35.5. The monoisotopic (exact) mass is 502 g/mol. The van der Waals surface area contributed by atoms with Crippen LogP contribution in [0.2, 0.25) is 5.02 Å². The SMILES string of the molecule is COc1ccc2ncc(Cl)c(C(O)CCC3(C(=O)O)CCN(CCCc4ccsc4)CC3)c2c1. The molecule has 1 unspecified atom stereocenters. The van der Waals surface area contributed by atoms with Crippen molar-refractivity contribution in [2.45, 2.75) is 44.6 Å². The van der Waals surface area contributed by atoms with Gasteiger partial charge in [0.15, 0.2) is 0 Å². The quantitative estimate of drug-likeness (QED) is 0.377. The Morgan fingerprint density at radius 2 is 2.12 bits per heavy atom. The summed E-state index contributed by atoms with van der Waals surface area (Å²) in [5.41, 5.74) is 1.84. The lowest BCUT2D eigenvalue weighted by Gasteiger charge is -2.39. The molecule has 0 radical (unpaired) electrons. The van der Waals surface area contributed by atoms with E-state index in [1.807, 2.05) is 18.2 Å². The summed E-state index contributed by atoms with van der Waals surface area (Å²) in [7, 11) is 1.58. The summed E-state index contributed by atoms with van der Waals surface area (Å²) in [5, 5.41) is 26.6. The third-order valence-corrected chi connectivity index (χ3v) is 8.12. The Labute approximate surface area is 209 Å². The van der Waals surface area contributed by atoms with Gasteiger partial charge in [-0.25, -0.2) is 0 Å². The van der Waals surface area contributed by atoms with Crippen LogP contribution < -0.4 is 4.74 Å². The largest absolute Gasteiger partial charge is 0.497 e. The number of benzene rings is 1. The van der Waals surface area contributed by atoms with Gasteiger partial charge >= 0.3 is 5.97 Å². The van der Waals surface area contributed by atoms with Gasteiger partial charge in [-0.3, -0.25) is 9.78 Å². The van der Waals surface area contributed by atoms with E-state index < -0.39 is 17.5 Å². The van der Waals surface area contributed by atoms with Crippen LogP contribution in [0.1, 0.15) is 49.3 Å². The highest BCUT2D eigenvalue weighted by Crippen LogP contribution is 2.41. The van der Waals surface area contributed by atoms with Crippen LogP contribution in [0.25, 0.3) is 10.9 Å². The first kappa shape index (κ1) is 24.9. The fourth-order valence-electron chi connectivity index (χ4n) is 4.91. The molecule has 0 spiro atoms. The van der Waals surface area contributed by atoms with Gasteiger partial charge in [-0.05, 0) is 98.7 Å². The number of hydrogen-bond acceptors (Lipinski definition) is 6.